The molecule has 0 bridgehead atoms. The lowest BCUT2D eigenvalue weighted by Crippen LogP contribution is -2.54. The molecular weight excluding hydrogens is 370 g/mol. The van der Waals surface area contributed by atoms with E-state index in [0.717, 1.165) is 17.0 Å². The molecule has 0 aliphatic heterocycles. The van der Waals surface area contributed by atoms with Crippen molar-refractivity contribution >= 4 is 12.1 Å². The highest BCUT2D eigenvalue weighted by molar-refractivity contribution is 5.80. The minimum Gasteiger partial charge on any atom is -0.444 e. The van der Waals surface area contributed by atoms with E-state index < -0.39 is 17.2 Å². The number of guanidine groups is 1. The van der Waals surface area contributed by atoms with Crippen molar-refractivity contribution in [3.05, 3.63) is 36.2 Å². The molecule has 1 heterocycles. The Morgan fingerprint density at radius 1 is 1.21 bits per heavy atom. The zero-order chi connectivity index (χ0) is 21.5. The fourth-order valence-electron chi connectivity index (χ4n) is 2.51. The van der Waals surface area contributed by atoms with Crippen molar-refractivity contribution in [1.29, 1.82) is 0 Å². The van der Waals surface area contributed by atoms with Crippen LogP contribution < -0.4 is 16.0 Å². The summed E-state index contributed by atoms with van der Waals surface area (Å²) in [6.07, 6.45) is 1.04. The van der Waals surface area contributed by atoms with Crippen LogP contribution in [0.5, 0.6) is 0 Å². The monoisotopic (exact) mass is 401 g/mol. The minimum absolute atomic E-state index is 0.448. The SMILES string of the molecule is CN=C(NCc1cccc(-c2ncn[nH]2)c1)NCC(C)(C)NC(=O)OC(C)(C)C. The van der Waals surface area contributed by atoms with E-state index in [9.17, 15) is 4.79 Å². The van der Waals surface area contributed by atoms with Crippen molar-refractivity contribution in [1.82, 2.24) is 31.1 Å². The number of aromatic amines is 1. The molecule has 0 spiro atoms. The first kappa shape index (κ1) is 22.2. The zero-order valence-corrected chi connectivity index (χ0v) is 18.0. The Hall–Kier alpha value is -3.10. The molecule has 0 saturated heterocycles. The average Bonchev–Trinajstić information content (AvgIpc) is 3.14. The summed E-state index contributed by atoms with van der Waals surface area (Å²) in [5.41, 5.74) is 0.984. The van der Waals surface area contributed by atoms with Gasteiger partial charge in [0.15, 0.2) is 11.8 Å². The van der Waals surface area contributed by atoms with Crippen LogP contribution in [0.25, 0.3) is 11.4 Å². The number of amides is 1. The number of carbonyl (C=O) groups excluding carboxylic acids is 1. The van der Waals surface area contributed by atoms with Gasteiger partial charge >= 0.3 is 6.09 Å². The lowest BCUT2D eigenvalue weighted by molar-refractivity contribution is 0.0474. The smallest absolute Gasteiger partial charge is 0.408 e. The summed E-state index contributed by atoms with van der Waals surface area (Å²) in [5, 5.41) is 16.1. The predicted octanol–water partition coefficient (Wildman–Crippen LogP) is 2.44. The number of hydrogen-bond donors (Lipinski definition) is 4. The molecule has 0 radical (unpaired) electrons. The highest BCUT2D eigenvalue weighted by Crippen LogP contribution is 2.15. The van der Waals surface area contributed by atoms with Gasteiger partial charge in [0, 0.05) is 25.7 Å². The maximum absolute atomic E-state index is 12.0. The maximum Gasteiger partial charge on any atom is 0.408 e. The Balaban J connectivity index is 1.86. The molecule has 0 saturated carbocycles. The van der Waals surface area contributed by atoms with Gasteiger partial charge in [0.05, 0.1) is 5.54 Å². The molecule has 4 N–H and O–H groups in total. The highest BCUT2D eigenvalue weighted by atomic mass is 16.6. The summed E-state index contributed by atoms with van der Waals surface area (Å²) in [5.74, 6) is 1.36. The largest absolute Gasteiger partial charge is 0.444 e. The number of benzene rings is 1. The van der Waals surface area contributed by atoms with Crippen LogP contribution in [-0.4, -0.2) is 52.0 Å². The maximum atomic E-state index is 12.0. The number of nitrogens with zero attached hydrogens (tertiary/aromatic N) is 3. The fraction of sp³-hybridized carbons (Fsp3) is 0.500. The Bertz CT molecular complexity index is 824. The van der Waals surface area contributed by atoms with Crippen molar-refractivity contribution in [2.24, 2.45) is 4.99 Å². The second-order valence-electron chi connectivity index (χ2n) is 8.32. The van der Waals surface area contributed by atoms with Gasteiger partial charge in [-0.05, 0) is 46.2 Å². The second-order valence-corrected chi connectivity index (χ2v) is 8.32. The molecule has 0 fully saturated rings. The third-order valence-electron chi connectivity index (χ3n) is 3.84. The van der Waals surface area contributed by atoms with E-state index in [1.54, 1.807) is 7.05 Å². The van der Waals surface area contributed by atoms with Crippen LogP contribution in [0.2, 0.25) is 0 Å². The number of aliphatic imine (C=N–C) groups is 1. The quantitative estimate of drug-likeness (QED) is 0.436. The molecule has 1 aromatic carbocycles. The molecule has 0 aliphatic rings. The van der Waals surface area contributed by atoms with Crippen molar-refractivity contribution in [2.45, 2.75) is 52.3 Å². The molecule has 0 atom stereocenters. The fourth-order valence-corrected chi connectivity index (χ4v) is 2.51. The molecule has 158 valence electrons. The molecule has 2 rings (SSSR count). The lowest BCUT2D eigenvalue weighted by atomic mass is 10.1. The molecule has 0 aliphatic carbocycles. The van der Waals surface area contributed by atoms with Crippen LogP contribution in [0.3, 0.4) is 0 Å². The van der Waals surface area contributed by atoms with Gasteiger partial charge in [-0.3, -0.25) is 10.1 Å². The third kappa shape index (κ3) is 7.81. The zero-order valence-electron chi connectivity index (χ0n) is 18.0. The summed E-state index contributed by atoms with van der Waals surface area (Å²) in [4.78, 5) is 20.4. The Morgan fingerprint density at radius 3 is 2.59 bits per heavy atom. The number of rotatable bonds is 6. The highest BCUT2D eigenvalue weighted by Gasteiger charge is 2.24. The van der Waals surface area contributed by atoms with Crippen LogP contribution in [0.4, 0.5) is 4.79 Å². The molecular formula is C20H31N7O2. The number of alkyl carbamates (subject to hydrolysis) is 1. The first-order valence-electron chi connectivity index (χ1n) is 9.48. The summed E-state index contributed by atoms with van der Waals surface area (Å²) in [7, 11) is 1.70. The van der Waals surface area contributed by atoms with Gasteiger partial charge in [0.25, 0.3) is 0 Å². The van der Waals surface area contributed by atoms with Crippen LogP contribution in [0, 0.1) is 0 Å². The van der Waals surface area contributed by atoms with E-state index in [-0.39, 0.29) is 0 Å². The molecule has 9 nitrogen and oxygen atoms in total. The van der Waals surface area contributed by atoms with E-state index in [1.807, 2.05) is 58.9 Å². The van der Waals surface area contributed by atoms with Gasteiger partial charge in [-0.25, -0.2) is 9.78 Å². The Labute approximate surface area is 171 Å². The van der Waals surface area contributed by atoms with Gasteiger partial charge in [-0.2, -0.15) is 5.10 Å². The molecule has 0 unspecified atom stereocenters. The second kappa shape index (κ2) is 9.40. The first-order chi connectivity index (χ1) is 13.6. The minimum atomic E-state index is -0.536. The van der Waals surface area contributed by atoms with Crippen molar-refractivity contribution < 1.29 is 9.53 Å². The van der Waals surface area contributed by atoms with Crippen LogP contribution in [-0.2, 0) is 11.3 Å². The molecule has 1 aromatic heterocycles. The number of ether oxygens (including phenoxy) is 1. The number of aromatic nitrogens is 3. The van der Waals surface area contributed by atoms with Crippen molar-refractivity contribution in [3.63, 3.8) is 0 Å². The molecule has 29 heavy (non-hydrogen) atoms. The van der Waals surface area contributed by atoms with E-state index in [4.69, 9.17) is 4.74 Å². The predicted molar refractivity (Wildman–Crippen MR) is 113 cm³/mol. The van der Waals surface area contributed by atoms with Crippen molar-refractivity contribution in [2.75, 3.05) is 13.6 Å². The van der Waals surface area contributed by atoms with Crippen LogP contribution in [0.1, 0.15) is 40.2 Å². The summed E-state index contributed by atoms with van der Waals surface area (Å²) < 4.78 is 5.32. The van der Waals surface area contributed by atoms with Gasteiger partial charge in [0.1, 0.15) is 11.9 Å². The van der Waals surface area contributed by atoms with Gasteiger partial charge in [-0.15, -0.1) is 0 Å². The number of hydrogen-bond acceptors (Lipinski definition) is 5. The van der Waals surface area contributed by atoms with Crippen LogP contribution >= 0.6 is 0 Å². The summed E-state index contributed by atoms with van der Waals surface area (Å²) >= 11 is 0. The van der Waals surface area contributed by atoms with E-state index in [1.165, 1.54) is 6.33 Å². The van der Waals surface area contributed by atoms with E-state index >= 15 is 0 Å². The third-order valence-corrected chi connectivity index (χ3v) is 3.84. The first-order valence-corrected chi connectivity index (χ1v) is 9.48. The van der Waals surface area contributed by atoms with Gasteiger partial charge in [0.2, 0.25) is 0 Å². The standard InChI is InChI=1S/C20H31N7O2/c1-19(2,3)29-18(28)26-20(4,5)12-23-17(21-6)22-11-14-8-7-9-15(10-14)16-24-13-25-27-16/h7-10,13H,11-12H2,1-6H3,(H,26,28)(H2,21,22,23)(H,24,25,27). The summed E-state index contributed by atoms with van der Waals surface area (Å²) in [6, 6.07) is 8.00. The van der Waals surface area contributed by atoms with E-state index in [2.05, 4.69) is 36.1 Å². The Morgan fingerprint density at radius 2 is 1.97 bits per heavy atom. The number of nitrogens with one attached hydrogen (secondary N) is 4. The molecule has 2 aromatic rings. The number of H-pyrrole nitrogens is 1. The summed E-state index contributed by atoms with van der Waals surface area (Å²) in [6.45, 7) is 10.4. The van der Waals surface area contributed by atoms with Gasteiger partial charge in [-0.1, -0.05) is 18.2 Å². The molecule has 9 heteroatoms. The van der Waals surface area contributed by atoms with E-state index in [0.29, 0.717) is 19.0 Å². The lowest BCUT2D eigenvalue weighted by Gasteiger charge is -2.29. The topological polar surface area (TPSA) is 116 Å². The van der Waals surface area contributed by atoms with Crippen LogP contribution in [0.15, 0.2) is 35.6 Å². The number of carbonyl (C=O) groups is 1. The van der Waals surface area contributed by atoms with Crippen molar-refractivity contribution in [3.8, 4) is 11.4 Å². The molecule has 1 amide bonds. The Kier molecular flexibility index (Phi) is 7.19. The normalized spacial score (nSPS) is 12.4. The average molecular weight is 402 g/mol. The van der Waals surface area contributed by atoms with Gasteiger partial charge < -0.3 is 20.7 Å².